The second kappa shape index (κ2) is 6.93. The molecule has 21 heavy (non-hydrogen) atoms. The van der Waals surface area contributed by atoms with Crippen LogP contribution in [0.25, 0.3) is 0 Å². The number of sulfonamides is 1. The van der Waals surface area contributed by atoms with Gasteiger partial charge in [0.1, 0.15) is 0 Å². The zero-order valence-electron chi connectivity index (χ0n) is 12.6. The van der Waals surface area contributed by atoms with Crippen LogP contribution in [-0.2, 0) is 19.9 Å². The Morgan fingerprint density at radius 2 is 1.86 bits per heavy atom. The number of hydrogen-bond donors (Lipinski definition) is 1. The monoisotopic (exact) mass is 338 g/mol. The Labute approximate surface area is 128 Å². The van der Waals surface area contributed by atoms with Crippen molar-refractivity contribution in [2.24, 2.45) is 5.92 Å². The van der Waals surface area contributed by atoms with Crippen LogP contribution >= 0.6 is 0 Å². The Balaban J connectivity index is 2.08. The van der Waals surface area contributed by atoms with E-state index in [2.05, 4.69) is 5.32 Å². The van der Waals surface area contributed by atoms with Gasteiger partial charge in [0.25, 0.3) is 0 Å². The van der Waals surface area contributed by atoms with E-state index in [1.807, 2.05) is 6.92 Å². The van der Waals surface area contributed by atoms with Gasteiger partial charge >= 0.3 is 0 Å². The molecule has 2 saturated heterocycles. The molecule has 2 fully saturated rings. The van der Waals surface area contributed by atoms with Crippen molar-refractivity contribution >= 4 is 19.9 Å². The minimum absolute atomic E-state index is 0.00418. The molecule has 6 nitrogen and oxygen atoms in total. The van der Waals surface area contributed by atoms with Gasteiger partial charge in [-0.2, -0.15) is 0 Å². The predicted molar refractivity (Wildman–Crippen MR) is 83.4 cm³/mol. The van der Waals surface area contributed by atoms with Crippen molar-refractivity contribution in [1.29, 1.82) is 0 Å². The Bertz CT molecular complexity index is 539. The Hall–Kier alpha value is -0.180. The lowest BCUT2D eigenvalue weighted by Crippen LogP contribution is -2.44. The first-order valence-corrected chi connectivity index (χ1v) is 11.1. The Kier molecular flexibility index (Phi) is 5.67. The minimum atomic E-state index is -3.50. The number of piperidine rings is 1. The van der Waals surface area contributed by atoms with Crippen molar-refractivity contribution in [3.8, 4) is 0 Å². The maximum absolute atomic E-state index is 12.7. The average molecular weight is 338 g/mol. The molecule has 0 aromatic carbocycles. The van der Waals surface area contributed by atoms with E-state index >= 15 is 0 Å². The van der Waals surface area contributed by atoms with Crippen LogP contribution in [-0.4, -0.2) is 64.1 Å². The van der Waals surface area contributed by atoms with Gasteiger partial charge in [-0.15, -0.1) is 0 Å². The molecule has 0 spiro atoms. The third-order valence-electron chi connectivity index (χ3n) is 4.37. The van der Waals surface area contributed by atoms with Crippen LogP contribution in [0, 0.1) is 5.92 Å². The predicted octanol–water partition coefficient (Wildman–Crippen LogP) is 0.215. The molecule has 1 unspecified atom stereocenters. The molecule has 0 aliphatic carbocycles. The van der Waals surface area contributed by atoms with Gasteiger partial charge in [-0.05, 0) is 44.7 Å². The van der Waals surface area contributed by atoms with Crippen molar-refractivity contribution in [3.63, 3.8) is 0 Å². The summed E-state index contributed by atoms with van der Waals surface area (Å²) in [4.78, 5) is 0. The second-order valence-corrected chi connectivity index (χ2v) is 10.6. The van der Waals surface area contributed by atoms with Crippen LogP contribution in [0.1, 0.15) is 32.6 Å². The van der Waals surface area contributed by atoms with E-state index in [-0.39, 0.29) is 17.9 Å². The highest BCUT2D eigenvalue weighted by molar-refractivity contribution is 7.95. The van der Waals surface area contributed by atoms with E-state index in [9.17, 15) is 16.8 Å². The molecular weight excluding hydrogens is 312 g/mol. The maximum atomic E-state index is 12.7. The van der Waals surface area contributed by atoms with E-state index in [1.165, 1.54) is 0 Å². The van der Waals surface area contributed by atoms with Crippen LogP contribution in [0.3, 0.4) is 0 Å². The second-order valence-electron chi connectivity index (χ2n) is 6.12. The van der Waals surface area contributed by atoms with Crippen LogP contribution in [0.2, 0.25) is 0 Å². The summed E-state index contributed by atoms with van der Waals surface area (Å²) in [5.74, 6) is 0.178. The molecule has 0 bridgehead atoms. The van der Waals surface area contributed by atoms with Gasteiger partial charge in [0, 0.05) is 13.1 Å². The summed E-state index contributed by atoms with van der Waals surface area (Å²) in [5.41, 5.74) is 0. The number of rotatable bonds is 6. The summed E-state index contributed by atoms with van der Waals surface area (Å²) in [5, 5.41) is 2.54. The molecular formula is C13H26N2O4S2. The SMILES string of the molecule is CCCN(CC1CCNCC1)S(=O)(=O)C1CCS(=O)(=O)C1. The highest BCUT2D eigenvalue weighted by Crippen LogP contribution is 2.24. The molecule has 2 heterocycles. The van der Waals surface area contributed by atoms with Gasteiger partial charge in [0.2, 0.25) is 10.0 Å². The average Bonchev–Trinajstić information content (AvgIpc) is 2.80. The van der Waals surface area contributed by atoms with Gasteiger partial charge in [0.15, 0.2) is 9.84 Å². The molecule has 2 aliphatic rings. The summed E-state index contributed by atoms with van der Waals surface area (Å²) in [6.07, 6.45) is 2.97. The first-order valence-electron chi connectivity index (χ1n) is 7.75. The van der Waals surface area contributed by atoms with Crippen LogP contribution in [0.4, 0.5) is 0 Å². The molecule has 8 heteroatoms. The summed E-state index contributed by atoms with van der Waals surface area (Å²) in [6.45, 7) is 4.85. The Morgan fingerprint density at radius 3 is 2.38 bits per heavy atom. The largest absolute Gasteiger partial charge is 0.317 e. The van der Waals surface area contributed by atoms with Crippen LogP contribution < -0.4 is 5.32 Å². The fourth-order valence-corrected chi connectivity index (χ4v) is 7.83. The lowest BCUT2D eigenvalue weighted by atomic mass is 9.98. The van der Waals surface area contributed by atoms with Gasteiger partial charge in [-0.1, -0.05) is 6.92 Å². The lowest BCUT2D eigenvalue weighted by molar-refractivity contribution is 0.286. The molecule has 0 radical (unpaired) electrons. The Morgan fingerprint density at radius 1 is 1.19 bits per heavy atom. The van der Waals surface area contributed by atoms with Crippen molar-refractivity contribution in [2.45, 2.75) is 37.9 Å². The third kappa shape index (κ3) is 4.40. The van der Waals surface area contributed by atoms with E-state index in [4.69, 9.17) is 0 Å². The molecule has 0 aromatic rings. The van der Waals surface area contributed by atoms with Gasteiger partial charge < -0.3 is 5.32 Å². The zero-order chi connectivity index (χ0) is 15.5. The smallest absolute Gasteiger partial charge is 0.218 e. The van der Waals surface area contributed by atoms with Crippen LogP contribution in [0.5, 0.6) is 0 Å². The third-order valence-corrected chi connectivity index (χ3v) is 8.64. The number of sulfone groups is 1. The van der Waals surface area contributed by atoms with Crippen molar-refractivity contribution in [2.75, 3.05) is 37.7 Å². The van der Waals surface area contributed by atoms with Crippen molar-refractivity contribution in [3.05, 3.63) is 0 Å². The van der Waals surface area contributed by atoms with E-state index in [0.717, 1.165) is 32.4 Å². The van der Waals surface area contributed by atoms with E-state index in [0.29, 0.717) is 19.0 Å². The fraction of sp³-hybridized carbons (Fsp3) is 1.00. The quantitative estimate of drug-likeness (QED) is 0.749. The first-order chi connectivity index (χ1) is 9.85. The zero-order valence-corrected chi connectivity index (χ0v) is 14.3. The van der Waals surface area contributed by atoms with E-state index in [1.54, 1.807) is 4.31 Å². The summed E-state index contributed by atoms with van der Waals surface area (Å²) in [6, 6.07) is 0. The molecule has 0 saturated carbocycles. The standard InChI is InChI=1S/C13H26N2O4S2/c1-2-8-15(10-12-3-6-14-7-4-12)21(18,19)13-5-9-20(16,17)11-13/h12-14H,2-11H2,1H3. The number of nitrogens with one attached hydrogen (secondary N) is 1. The summed E-state index contributed by atoms with van der Waals surface area (Å²) in [7, 11) is -6.68. The molecule has 1 N–H and O–H groups in total. The van der Waals surface area contributed by atoms with E-state index < -0.39 is 25.1 Å². The molecule has 124 valence electrons. The van der Waals surface area contributed by atoms with Crippen molar-refractivity contribution < 1.29 is 16.8 Å². The topological polar surface area (TPSA) is 83.6 Å². The van der Waals surface area contributed by atoms with Gasteiger partial charge in [0.05, 0.1) is 16.8 Å². The van der Waals surface area contributed by atoms with Crippen molar-refractivity contribution in [1.82, 2.24) is 9.62 Å². The first kappa shape index (κ1) is 17.2. The number of hydrogen-bond acceptors (Lipinski definition) is 5. The molecule has 2 rings (SSSR count). The van der Waals surface area contributed by atoms with Gasteiger partial charge in [-0.25, -0.2) is 21.1 Å². The summed E-state index contributed by atoms with van der Waals surface area (Å²) >= 11 is 0. The maximum Gasteiger partial charge on any atom is 0.218 e. The highest BCUT2D eigenvalue weighted by Gasteiger charge is 2.40. The minimum Gasteiger partial charge on any atom is -0.317 e. The van der Waals surface area contributed by atoms with Gasteiger partial charge in [-0.3, -0.25) is 0 Å². The number of nitrogens with zero attached hydrogens (tertiary/aromatic N) is 1. The highest BCUT2D eigenvalue weighted by atomic mass is 32.2. The normalized spacial score (nSPS) is 27.2. The lowest BCUT2D eigenvalue weighted by Gasteiger charge is -2.30. The molecule has 0 aromatic heterocycles. The molecule has 0 amide bonds. The van der Waals surface area contributed by atoms with Crippen LogP contribution in [0.15, 0.2) is 0 Å². The molecule has 2 aliphatic heterocycles. The summed E-state index contributed by atoms with van der Waals surface area (Å²) < 4.78 is 50.1. The molecule has 1 atom stereocenters. The fourth-order valence-electron chi connectivity index (χ4n) is 3.13.